The number of ether oxygens (including phenoxy) is 1. The van der Waals surface area contributed by atoms with Gasteiger partial charge in [0.05, 0.1) is 18.2 Å². The number of fused-ring (bicyclic) bond motifs is 1. The van der Waals surface area contributed by atoms with Crippen molar-refractivity contribution < 1.29 is 9.15 Å². The predicted octanol–water partition coefficient (Wildman–Crippen LogP) is 2.02. The van der Waals surface area contributed by atoms with Crippen molar-refractivity contribution in [2.45, 2.75) is 25.3 Å². The highest BCUT2D eigenvalue weighted by molar-refractivity contribution is 6.31. The Hall–Kier alpha value is -1.79. The molecule has 0 saturated carbocycles. The monoisotopic (exact) mass is 321 g/mol. The molecule has 2 aliphatic heterocycles. The van der Waals surface area contributed by atoms with E-state index in [0.29, 0.717) is 17.2 Å². The maximum absolute atomic E-state index is 12.1. The van der Waals surface area contributed by atoms with Crippen LogP contribution in [0.15, 0.2) is 21.3 Å². The summed E-state index contributed by atoms with van der Waals surface area (Å²) in [5.74, 6) is 0.584. The SMILES string of the molecule is O=c1oc(-c2cc(Cl)cc3c2OCC3)nn1C1CCNCC1. The highest BCUT2D eigenvalue weighted by Crippen LogP contribution is 2.38. The molecular formula is C15H16ClN3O3. The van der Waals surface area contributed by atoms with E-state index in [1.807, 2.05) is 6.07 Å². The second kappa shape index (κ2) is 5.44. The van der Waals surface area contributed by atoms with Crippen LogP contribution in [0.1, 0.15) is 24.4 Å². The number of hydrogen-bond acceptors (Lipinski definition) is 5. The summed E-state index contributed by atoms with van der Waals surface area (Å²) in [4.78, 5) is 12.1. The fraction of sp³-hybridized carbons (Fsp3) is 0.467. The lowest BCUT2D eigenvalue weighted by molar-refractivity contribution is 0.323. The Kier molecular flexibility index (Phi) is 3.43. The zero-order chi connectivity index (χ0) is 15.1. The summed E-state index contributed by atoms with van der Waals surface area (Å²) in [5, 5.41) is 8.26. The highest BCUT2D eigenvalue weighted by atomic mass is 35.5. The molecule has 116 valence electrons. The van der Waals surface area contributed by atoms with Crippen LogP contribution in [0.5, 0.6) is 5.75 Å². The van der Waals surface area contributed by atoms with Crippen LogP contribution in [0.4, 0.5) is 0 Å². The van der Waals surface area contributed by atoms with Crippen LogP contribution in [0.2, 0.25) is 5.02 Å². The first kappa shape index (κ1) is 13.8. The number of nitrogens with zero attached hydrogens (tertiary/aromatic N) is 2. The molecule has 0 unspecified atom stereocenters. The largest absolute Gasteiger partial charge is 0.492 e. The third-order valence-electron chi connectivity index (χ3n) is 4.20. The average Bonchev–Trinajstić information content (AvgIpc) is 3.13. The molecule has 2 aromatic rings. The Morgan fingerprint density at radius 2 is 2.14 bits per heavy atom. The van der Waals surface area contributed by atoms with Crippen molar-refractivity contribution in [1.82, 2.24) is 15.1 Å². The van der Waals surface area contributed by atoms with Crippen LogP contribution < -0.4 is 15.8 Å². The molecule has 22 heavy (non-hydrogen) atoms. The maximum Gasteiger partial charge on any atom is 0.437 e. The van der Waals surface area contributed by atoms with Crippen LogP contribution in [0.25, 0.3) is 11.5 Å². The smallest absolute Gasteiger partial charge is 0.437 e. The molecule has 1 N–H and O–H groups in total. The summed E-state index contributed by atoms with van der Waals surface area (Å²) in [5.41, 5.74) is 1.69. The predicted molar refractivity (Wildman–Crippen MR) is 81.5 cm³/mol. The van der Waals surface area contributed by atoms with Gasteiger partial charge < -0.3 is 14.5 Å². The van der Waals surface area contributed by atoms with Gasteiger partial charge in [-0.25, -0.2) is 4.79 Å². The molecule has 6 nitrogen and oxygen atoms in total. The van der Waals surface area contributed by atoms with Gasteiger partial charge in [-0.2, -0.15) is 4.68 Å². The Balaban J connectivity index is 1.77. The van der Waals surface area contributed by atoms with Crippen LogP contribution in [0, 0.1) is 0 Å². The first-order valence-electron chi connectivity index (χ1n) is 7.48. The van der Waals surface area contributed by atoms with Crippen LogP contribution in [-0.4, -0.2) is 29.5 Å². The van der Waals surface area contributed by atoms with Crippen molar-refractivity contribution in [3.63, 3.8) is 0 Å². The molecule has 1 fully saturated rings. The second-order valence-electron chi connectivity index (χ2n) is 5.64. The van der Waals surface area contributed by atoms with Crippen molar-refractivity contribution >= 4 is 11.6 Å². The Morgan fingerprint density at radius 1 is 1.32 bits per heavy atom. The van der Waals surface area contributed by atoms with Gasteiger partial charge in [-0.05, 0) is 43.6 Å². The molecule has 3 heterocycles. The molecule has 0 radical (unpaired) electrons. The van der Waals surface area contributed by atoms with E-state index in [1.54, 1.807) is 6.07 Å². The first-order chi connectivity index (χ1) is 10.7. The fourth-order valence-electron chi connectivity index (χ4n) is 3.11. The van der Waals surface area contributed by atoms with E-state index in [1.165, 1.54) is 4.68 Å². The Bertz CT molecular complexity index is 762. The number of benzene rings is 1. The van der Waals surface area contributed by atoms with Gasteiger partial charge in [0.25, 0.3) is 5.89 Å². The third kappa shape index (κ3) is 2.32. The van der Waals surface area contributed by atoms with E-state index in [9.17, 15) is 4.79 Å². The van der Waals surface area contributed by atoms with Crippen LogP contribution >= 0.6 is 11.6 Å². The standard InChI is InChI=1S/C15H16ClN3O3/c16-10-7-9-3-6-21-13(9)12(8-10)14-18-19(15(20)22-14)11-1-4-17-5-2-11/h7-8,11,17H,1-6H2. The Morgan fingerprint density at radius 3 is 2.95 bits per heavy atom. The van der Waals surface area contributed by atoms with E-state index in [2.05, 4.69) is 10.4 Å². The van der Waals surface area contributed by atoms with E-state index < -0.39 is 5.76 Å². The van der Waals surface area contributed by atoms with E-state index in [4.69, 9.17) is 20.8 Å². The molecule has 2 aliphatic rings. The lowest BCUT2D eigenvalue weighted by Crippen LogP contribution is -2.33. The van der Waals surface area contributed by atoms with E-state index >= 15 is 0 Å². The summed E-state index contributed by atoms with van der Waals surface area (Å²) < 4.78 is 12.5. The third-order valence-corrected chi connectivity index (χ3v) is 4.42. The number of piperidine rings is 1. The molecule has 0 amide bonds. The van der Waals surface area contributed by atoms with Gasteiger partial charge in [0.1, 0.15) is 5.75 Å². The highest BCUT2D eigenvalue weighted by Gasteiger charge is 2.25. The molecule has 1 saturated heterocycles. The van der Waals surface area contributed by atoms with Crippen molar-refractivity contribution in [3.8, 4) is 17.2 Å². The molecule has 0 spiro atoms. The minimum Gasteiger partial charge on any atom is -0.492 e. The summed E-state index contributed by atoms with van der Waals surface area (Å²) in [7, 11) is 0. The van der Waals surface area contributed by atoms with Gasteiger partial charge >= 0.3 is 5.76 Å². The summed E-state index contributed by atoms with van der Waals surface area (Å²) in [6.07, 6.45) is 2.55. The van der Waals surface area contributed by atoms with Crippen molar-refractivity contribution in [2.24, 2.45) is 0 Å². The van der Waals surface area contributed by atoms with Gasteiger partial charge in [0, 0.05) is 11.4 Å². The van der Waals surface area contributed by atoms with Gasteiger partial charge in [-0.15, -0.1) is 5.10 Å². The van der Waals surface area contributed by atoms with Gasteiger partial charge in [0.2, 0.25) is 0 Å². The summed E-state index contributed by atoms with van der Waals surface area (Å²) in [6.45, 7) is 2.38. The maximum atomic E-state index is 12.1. The minimum atomic E-state index is -0.423. The zero-order valence-electron chi connectivity index (χ0n) is 12.0. The lowest BCUT2D eigenvalue weighted by Gasteiger charge is -2.21. The minimum absolute atomic E-state index is 0.0828. The average molecular weight is 322 g/mol. The van der Waals surface area contributed by atoms with Gasteiger partial charge in [0.15, 0.2) is 0 Å². The zero-order valence-corrected chi connectivity index (χ0v) is 12.7. The topological polar surface area (TPSA) is 69.3 Å². The Labute approximate surface area is 132 Å². The van der Waals surface area contributed by atoms with Crippen molar-refractivity contribution in [2.75, 3.05) is 19.7 Å². The molecule has 7 heteroatoms. The normalized spacial score (nSPS) is 18.2. The molecular weight excluding hydrogens is 306 g/mol. The second-order valence-corrected chi connectivity index (χ2v) is 6.08. The van der Waals surface area contributed by atoms with Crippen LogP contribution in [0.3, 0.4) is 0 Å². The lowest BCUT2D eigenvalue weighted by atomic mass is 10.1. The fourth-order valence-corrected chi connectivity index (χ4v) is 3.35. The summed E-state index contributed by atoms with van der Waals surface area (Å²) >= 11 is 6.16. The summed E-state index contributed by atoms with van der Waals surface area (Å²) in [6, 6.07) is 3.71. The van der Waals surface area contributed by atoms with Crippen LogP contribution in [-0.2, 0) is 6.42 Å². The number of aromatic nitrogens is 2. The number of rotatable bonds is 2. The van der Waals surface area contributed by atoms with E-state index in [0.717, 1.165) is 43.7 Å². The first-order valence-corrected chi connectivity index (χ1v) is 7.86. The van der Waals surface area contributed by atoms with Crippen molar-refractivity contribution in [1.29, 1.82) is 0 Å². The molecule has 0 aliphatic carbocycles. The van der Waals surface area contributed by atoms with E-state index in [-0.39, 0.29) is 11.9 Å². The molecule has 1 aromatic carbocycles. The quantitative estimate of drug-likeness (QED) is 0.916. The molecule has 0 atom stereocenters. The van der Waals surface area contributed by atoms with Gasteiger partial charge in [-0.1, -0.05) is 11.6 Å². The van der Waals surface area contributed by atoms with Crippen molar-refractivity contribution in [3.05, 3.63) is 33.3 Å². The molecule has 0 bridgehead atoms. The van der Waals surface area contributed by atoms with Gasteiger partial charge in [-0.3, -0.25) is 0 Å². The molecule has 1 aromatic heterocycles. The number of hydrogen-bond donors (Lipinski definition) is 1. The number of nitrogens with one attached hydrogen (secondary N) is 1. The molecule has 4 rings (SSSR count). The number of halogens is 1.